The number of hydrogen-bond acceptors (Lipinski definition) is 59. The van der Waals surface area contributed by atoms with Gasteiger partial charge >= 0.3 is 0 Å². The van der Waals surface area contributed by atoms with Crippen molar-refractivity contribution in [3.05, 3.63) is 0 Å². The highest BCUT2D eigenvalue weighted by Gasteiger charge is 2.63. The Morgan fingerprint density at radius 1 is 0.238 bits per heavy atom. The van der Waals surface area contributed by atoms with E-state index in [1.54, 1.807) is 0 Å². The summed E-state index contributed by atoms with van der Waals surface area (Å²) in [5.74, 6) is -4.08. The Morgan fingerprint density at radius 3 is 0.804 bits per heavy atom. The van der Waals surface area contributed by atoms with Gasteiger partial charge < -0.3 is 294 Å². The molecule has 0 saturated carbocycles. The maximum absolute atomic E-state index is 13.5. The molecule has 11 saturated heterocycles. The van der Waals surface area contributed by atoms with Crippen LogP contribution >= 0.6 is 0 Å². The van der Waals surface area contributed by atoms with Gasteiger partial charge in [-0.3, -0.25) is 19.2 Å². The van der Waals surface area contributed by atoms with Crippen molar-refractivity contribution in [3.63, 3.8) is 0 Å². The molecule has 0 aromatic rings. The molecular formula is C80H136N4O59. The Balaban J connectivity index is 0.899. The topological polar surface area (TPSA) is 987 Å². The lowest BCUT2D eigenvalue weighted by atomic mass is 9.93. The molecule has 11 aliphatic heterocycles. The fraction of sp³-hybridized carbons (Fsp3) is 0.950. The Bertz CT molecular complexity index is 3900. The van der Waals surface area contributed by atoms with E-state index in [-0.39, 0.29) is 0 Å². The third-order valence-electron chi connectivity index (χ3n) is 26.2. The van der Waals surface area contributed by atoms with E-state index in [4.69, 9.17) is 104 Å². The highest BCUT2D eigenvalue weighted by Crippen LogP contribution is 2.42. The van der Waals surface area contributed by atoms with Crippen LogP contribution in [0.4, 0.5) is 0 Å². The number of aliphatic hydroxyl groups excluding tert-OH is 33. The number of carbonyl (C=O) groups excluding carboxylic acids is 4. The van der Waals surface area contributed by atoms with Crippen molar-refractivity contribution < 1.29 is 292 Å². The van der Waals surface area contributed by atoms with Gasteiger partial charge in [-0.1, -0.05) is 0 Å². The van der Waals surface area contributed by atoms with Crippen molar-refractivity contribution in [3.8, 4) is 0 Å². The number of ether oxygens (including phenoxy) is 22. The second kappa shape index (κ2) is 52.3. The highest BCUT2D eigenvalue weighted by atomic mass is 16.8. The van der Waals surface area contributed by atoms with Gasteiger partial charge in [0.1, 0.15) is 281 Å². The first-order chi connectivity index (χ1) is 67.6. The first kappa shape index (κ1) is 119. The summed E-state index contributed by atoms with van der Waals surface area (Å²) in [5.41, 5.74) is 0. The van der Waals surface area contributed by atoms with Crippen LogP contribution in [0.2, 0.25) is 0 Å². The maximum Gasteiger partial charge on any atom is 0.217 e. The molecule has 11 rings (SSSR count). The predicted molar refractivity (Wildman–Crippen MR) is 441 cm³/mol. The first-order valence-corrected chi connectivity index (χ1v) is 45.8. The zero-order valence-electron chi connectivity index (χ0n) is 77.2. The molecule has 4 amide bonds. The molecule has 11 heterocycles. The summed E-state index contributed by atoms with van der Waals surface area (Å²) in [6.07, 6.45) is -116. The molecule has 830 valence electrons. The Morgan fingerprint density at radius 2 is 0.483 bits per heavy atom. The van der Waals surface area contributed by atoms with Gasteiger partial charge in [0.2, 0.25) is 23.6 Å². The van der Waals surface area contributed by atoms with E-state index in [2.05, 4.69) is 21.3 Å². The predicted octanol–water partition coefficient (Wildman–Crippen LogP) is -24.9. The average molecular weight is 2100 g/mol. The van der Waals surface area contributed by atoms with E-state index in [0.29, 0.717) is 0 Å². The quantitative estimate of drug-likeness (QED) is 0.0271. The van der Waals surface area contributed by atoms with E-state index in [1.807, 2.05) is 0 Å². The molecule has 0 unspecified atom stereocenters. The zero-order chi connectivity index (χ0) is 106. The lowest BCUT2D eigenvalue weighted by molar-refractivity contribution is -0.394. The molecule has 11 aliphatic rings. The number of nitrogens with one attached hydrogen (secondary N) is 4. The second-order valence-corrected chi connectivity index (χ2v) is 36.4. The van der Waals surface area contributed by atoms with Gasteiger partial charge in [-0.15, -0.1) is 0 Å². The molecule has 0 bridgehead atoms. The third-order valence-corrected chi connectivity index (χ3v) is 26.2. The van der Waals surface area contributed by atoms with Crippen LogP contribution in [0.15, 0.2) is 0 Å². The van der Waals surface area contributed by atoms with Gasteiger partial charge in [-0.2, -0.15) is 0 Å². The molecule has 37 N–H and O–H groups in total. The molecule has 63 nitrogen and oxygen atoms in total. The number of amides is 4. The summed E-state index contributed by atoms with van der Waals surface area (Å²) in [6, 6.07) is -8.17. The van der Waals surface area contributed by atoms with Gasteiger partial charge in [0.15, 0.2) is 69.2 Å². The van der Waals surface area contributed by atoms with Crippen LogP contribution in [0.5, 0.6) is 0 Å². The van der Waals surface area contributed by atoms with Gasteiger partial charge in [0, 0.05) is 27.7 Å². The summed E-state index contributed by atoms with van der Waals surface area (Å²) in [6.45, 7) is -6.98. The zero-order valence-corrected chi connectivity index (χ0v) is 77.2. The number of rotatable bonds is 40. The lowest BCUT2D eigenvalue weighted by Gasteiger charge is -2.51. The molecular weight excluding hydrogens is 1960 g/mol. The monoisotopic (exact) mass is 2100 g/mol. The highest BCUT2D eigenvalue weighted by molar-refractivity contribution is 5.74. The summed E-state index contributed by atoms with van der Waals surface area (Å²) in [5, 5.41) is 378. The van der Waals surface area contributed by atoms with Crippen molar-refractivity contribution in [1.29, 1.82) is 0 Å². The van der Waals surface area contributed by atoms with Crippen LogP contribution in [0.25, 0.3) is 0 Å². The normalized spacial score (nSPS) is 48.3. The fourth-order valence-electron chi connectivity index (χ4n) is 18.3. The smallest absolute Gasteiger partial charge is 0.217 e. The first-order valence-electron chi connectivity index (χ1n) is 45.8. The summed E-state index contributed by atoms with van der Waals surface area (Å²) < 4.78 is 131. The minimum Gasteiger partial charge on any atom is -0.394 e. The van der Waals surface area contributed by atoms with Crippen molar-refractivity contribution in [2.45, 2.75) is 403 Å². The lowest BCUT2D eigenvalue weighted by Crippen LogP contribution is -2.71. The van der Waals surface area contributed by atoms with E-state index < -0.39 is 458 Å². The summed E-state index contributed by atoms with van der Waals surface area (Å²) >= 11 is 0. The van der Waals surface area contributed by atoms with Crippen LogP contribution in [-0.4, -0.2) is 627 Å². The number of carbonyl (C=O) groups is 4. The van der Waals surface area contributed by atoms with Gasteiger partial charge in [-0.25, -0.2) is 0 Å². The molecule has 63 heteroatoms. The minimum absolute atomic E-state index is 0.839. The Labute approximate surface area is 810 Å². The third kappa shape index (κ3) is 26.8. The van der Waals surface area contributed by atoms with Crippen molar-refractivity contribution in [2.24, 2.45) is 0 Å². The number of hydrogen-bond donors (Lipinski definition) is 37. The van der Waals surface area contributed by atoms with Crippen molar-refractivity contribution >= 4 is 23.6 Å². The van der Waals surface area contributed by atoms with Gasteiger partial charge in [0.05, 0.1) is 84.9 Å². The van der Waals surface area contributed by atoms with Gasteiger partial charge in [-0.05, 0) is 13.8 Å². The fourth-order valence-corrected chi connectivity index (χ4v) is 18.3. The Hall–Kier alpha value is -4.32. The van der Waals surface area contributed by atoms with Gasteiger partial charge in [0.25, 0.3) is 0 Å². The van der Waals surface area contributed by atoms with Crippen LogP contribution in [-0.2, 0) is 123 Å². The molecule has 143 heavy (non-hydrogen) atoms. The van der Waals surface area contributed by atoms with Crippen molar-refractivity contribution in [2.75, 3.05) is 72.7 Å². The largest absolute Gasteiger partial charge is 0.394 e. The van der Waals surface area contributed by atoms with Crippen molar-refractivity contribution in [1.82, 2.24) is 21.3 Å². The molecule has 0 aromatic heterocycles. The van der Waals surface area contributed by atoms with E-state index in [1.165, 1.54) is 13.8 Å². The Kier molecular flexibility index (Phi) is 43.5. The number of aliphatic hydroxyl groups is 33. The molecule has 0 radical (unpaired) electrons. The van der Waals surface area contributed by atoms with E-state index in [0.717, 1.165) is 27.7 Å². The standard InChI is InChI=1S/C80H136N4O59/c1-18-39(100)51(112)56(117)74(124-18)142-68-54(115)43(104)27(10-88)127-79(68)138-64-30(13-91)130-71(36(48(64)109)82-21(4)95)122-16-33-45(106)66(59(120)77(133-33)135-61(25(99)8-86)41(102)24(98)7-85)140-72-37(83-22(5)96)49(110)63(31(14-92)131-72)137-78-60(121)67(46(107)34(134-78)17-123-70-35(81-20(3)94)47(108)62(29(12-90)129-70)136-76-58(119)53(114)42(103)26(9-87)126-76)141-73-38(84-23(6)97)50(111)65(32(15-93)132-73)139-80-69(55(116)44(105)28(11-89)128-80)143-75-57(118)52(113)40(101)19(2)125-75/h18-19,24-80,85-93,98-121H,7-17H2,1-6H3,(H,81,94)(H,82,95)(H,83,96)(H,84,97)/t18-,19-,24-,25+,26+,27+,28+,29+,30+,31+,32+,33+,34+,35+,36+,37+,38+,39+,40+,41+,42-,43-,44-,45-,46-,47+,48+,49+,50+,51+,52+,53-,54-,55-,56-,57-,58+,59+,60+,61+,62+,63+,64+,65+,66-,67-,68+,69+,70+,71+,72-,73-,74-,75-,76-,77-,78-,79-,80-/m0/s1. The molecule has 0 aliphatic carbocycles. The van der Waals surface area contributed by atoms with Crippen LogP contribution < -0.4 is 21.3 Å². The molecule has 59 atom stereocenters. The van der Waals surface area contributed by atoms with E-state index >= 15 is 0 Å². The molecule has 0 spiro atoms. The second-order valence-electron chi connectivity index (χ2n) is 36.4. The van der Waals surface area contributed by atoms with Crippen LogP contribution in [0, 0.1) is 0 Å². The molecule has 11 fully saturated rings. The van der Waals surface area contributed by atoms with Crippen LogP contribution in [0.3, 0.4) is 0 Å². The SMILES string of the molecule is CC(=O)N[C@H]1[C@H](OC[C@H]2O[C@@H](O[C@H]3[C@H](O)[C@@H](NC(C)=O)[C@H](O[C@H]4[C@@H](O)[C@@H](CO[C@@H]5O[C@H](CO)[C@@H](O[C@@H]6O[C@H](CO)[C@H](O)[C@H](O)[C@H]6O[C@@H]6O[C@@H](C)[C@@H](O)[C@@H](O)[C@@H]6O)[C@H](O)[C@H]5NC(C)=O)O[C@@H](O[C@@H]([C@H](O)[C@@H](O)CO)[C@H](O)CO)[C@@H]4O)O[C@@H]3CO)[C@H](O)[C@@H](O[C@@H]3O[C@H](CO)[C@@H](O[C@@H]4O[C@H](CO)[C@H](O)[C@H](O)[C@H]4O[C@@H]4O[C@@H](C)[C@@H](O)[C@@H](O)[C@@H]4O)[C@H](O)[C@H]3NC(C)=O)[C@H]2O)O[C@H](CO)[C@@H](O[C@@H]2O[C@H](CO)[C@H](O)[C@H](O)[C@H]2O)[C@@H]1O. The van der Waals surface area contributed by atoms with Crippen LogP contribution in [0.1, 0.15) is 41.5 Å². The molecule has 0 aromatic carbocycles. The summed E-state index contributed by atoms with van der Waals surface area (Å²) in [4.78, 5) is 53.0. The maximum atomic E-state index is 13.5. The minimum atomic E-state index is -2.64. The average Bonchev–Trinajstić information content (AvgIpc) is 0.756. The van der Waals surface area contributed by atoms with E-state index in [9.17, 15) is 188 Å². The summed E-state index contributed by atoms with van der Waals surface area (Å²) in [7, 11) is 0.